The molecule has 0 bridgehead atoms. The van der Waals surface area contributed by atoms with Gasteiger partial charge in [0, 0.05) is 16.7 Å². The molecule has 0 amide bonds. The lowest BCUT2D eigenvalue weighted by molar-refractivity contribution is -0.130. The summed E-state index contributed by atoms with van der Waals surface area (Å²) in [7, 11) is 0. The second-order valence-corrected chi connectivity index (χ2v) is 8.85. The standard InChI is InChI=1S/C14H14ClNO.C11H14O2/c1-14(2,3)13(17)12-10-7-5-4-6-9(10)8-11(15)16-12;1-8(2)10(12)11(13)9-6-4-3-5-7-9/h4-8H,1-3H3;3-8,11,13H,1-2H3/t;11-/m.1/s1. The number of hydrogen-bond acceptors (Lipinski definition) is 4. The van der Waals surface area contributed by atoms with Crippen molar-refractivity contribution in [3.63, 3.8) is 0 Å². The number of nitrogens with zero attached hydrogens (tertiary/aromatic N) is 1. The molecule has 3 rings (SSSR count). The zero-order chi connectivity index (χ0) is 22.5. The number of carbonyl (C=O) groups is 2. The van der Waals surface area contributed by atoms with Gasteiger partial charge in [-0.15, -0.1) is 0 Å². The van der Waals surface area contributed by atoms with Gasteiger partial charge in [-0.3, -0.25) is 9.59 Å². The van der Waals surface area contributed by atoms with Gasteiger partial charge in [-0.1, -0.05) is 101 Å². The van der Waals surface area contributed by atoms with E-state index in [9.17, 15) is 14.7 Å². The van der Waals surface area contributed by atoms with Gasteiger partial charge < -0.3 is 5.11 Å². The van der Waals surface area contributed by atoms with E-state index in [1.807, 2.05) is 63.2 Å². The van der Waals surface area contributed by atoms with E-state index in [4.69, 9.17) is 11.6 Å². The fourth-order valence-electron chi connectivity index (χ4n) is 2.81. The predicted octanol–water partition coefficient (Wildman–Crippen LogP) is 6.06. The normalized spacial score (nSPS) is 12.3. The van der Waals surface area contributed by atoms with Crippen LogP contribution in [0.15, 0.2) is 60.7 Å². The minimum Gasteiger partial charge on any atom is -0.381 e. The summed E-state index contributed by atoms with van der Waals surface area (Å²) in [6, 6.07) is 18.4. The van der Waals surface area contributed by atoms with Crippen LogP contribution in [0.3, 0.4) is 0 Å². The van der Waals surface area contributed by atoms with E-state index in [0.717, 1.165) is 10.8 Å². The molecule has 0 fully saturated rings. The molecular formula is C25H28ClNO3. The van der Waals surface area contributed by atoms with Crippen molar-refractivity contribution < 1.29 is 14.7 Å². The number of pyridine rings is 1. The van der Waals surface area contributed by atoms with Crippen LogP contribution in [-0.4, -0.2) is 21.7 Å². The predicted molar refractivity (Wildman–Crippen MR) is 122 cm³/mol. The van der Waals surface area contributed by atoms with E-state index in [1.165, 1.54) is 0 Å². The highest BCUT2D eigenvalue weighted by Gasteiger charge is 2.26. The Labute approximate surface area is 182 Å². The topological polar surface area (TPSA) is 67.3 Å². The highest BCUT2D eigenvalue weighted by molar-refractivity contribution is 6.30. The maximum Gasteiger partial charge on any atom is 0.187 e. The van der Waals surface area contributed by atoms with Gasteiger partial charge in [0.1, 0.15) is 17.0 Å². The van der Waals surface area contributed by atoms with Crippen LogP contribution >= 0.6 is 11.6 Å². The summed E-state index contributed by atoms with van der Waals surface area (Å²) in [5, 5.41) is 11.8. The molecule has 0 aliphatic carbocycles. The number of ketones is 2. The van der Waals surface area contributed by atoms with Crippen molar-refractivity contribution in [2.24, 2.45) is 11.3 Å². The zero-order valence-corrected chi connectivity index (χ0v) is 18.8. The second-order valence-electron chi connectivity index (χ2n) is 8.46. The molecule has 0 saturated carbocycles. The molecule has 0 unspecified atom stereocenters. The molecule has 3 aromatic rings. The largest absolute Gasteiger partial charge is 0.381 e. The Bertz CT molecular complexity index is 1020. The maximum atomic E-state index is 12.3. The fourth-order valence-corrected chi connectivity index (χ4v) is 3.01. The van der Waals surface area contributed by atoms with Gasteiger partial charge >= 0.3 is 0 Å². The van der Waals surface area contributed by atoms with Crippen molar-refractivity contribution in [2.75, 3.05) is 0 Å². The average molecular weight is 426 g/mol. The molecule has 158 valence electrons. The first-order chi connectivity index (χ1) is 14.0. The highest BCUT2D eigenvalue weighted by atomic mass is 35.5. The van der Waals surface area contributed by atoms with Gasteiger partial charge in [0.15, 0.2) is 11.6 Å². The van der Waals surface area contributed by atoms with Crippen LogP contribution in [0, 0.1) is 11.3 Å². The SMILES string of the molecule is CC(C)(C)C(=O)c1nc(Cl)cc2ccccc12.CC(C)C(=O)[C@H](O)c1ccccc1. The number of hydrogen-bond donors (Lipinski definition) is 1. The molecular weight excluding hydrogens is 398 g/mol. The third kappa shape index (κ3) is 5.97. The Kier molecular flexibility index (Phi) is 7.88. The van der Waals surface area contributed by atoms with Crippen molar-refractivity contribution in [1.29, 1.82) is 0 Å². The monoisotopic (exact) mass is 425 g/mol. The van der Waals surface area contributed by atoms with Gasteiger partial charge in [0.05, 0.1) is 0 Å². The Morgan fingerprint density at radius 2 is 1.53 bits per heavy atom. The van der Waals surface area contributed by atoms with Crippen molar-refractivity contribution >= 4 is 33.9 Å². The van der Waals surface area contributed by atoms with E-state index < -0.39 is 11.5 Å². The summed E-state index contributed by atoms with van der Waals surface area (Å²) >= 11 is 5.95. The molecule has 1 atom stereocenters. The lowest BCUT2D eigenvalue weighted by Crippen LogP contribution is -2.21. The van der Waals surface area contributed by atoms with Crippen LogP contribution in [-0.2, 0) is 4.79 Å². The molecule has 0 radical (unpaired) electrons. The highest BCUT2D eigenvalue weighted by Crippen LogP contribution is 2.27. The third-order valence-electron chi connectivity index (χ3n) is 4.56. The Balaban J connectivity index is 0.000000222. The molecule has 30 heavy (non-hydrogen) atoms. The molecule has 1 N–H and O–H groups in total. The van der Waals surface area contributed by atoms with Gasteiger partial charge in [-0.05, 0) is 17.0 Å². The quantitative estimate of drug-likeness (QED) is 0.407. The molecule has 0 saturated heterocycles. The van der Waals surface area contributed by atoms with Gasteiger partial charge in [-0.25, -0.2) is 4.98 Å². The summed E-state index contributed by atoms with van der Waals surface area (Å²) < 4.78 is 0. The first-order valence-electron chi connectivity index (χ1n) is 9.89. The average Bonchev–Trinajstić information content (AvgIpc) is 2.71. The number of fused-ring (bicyclic) bond motifs is 1. The van der Waals surface area contributed by atoms with Crippen molar-refractivity contribution in [3.05, 3.63) is 77.1 Å². The van der Waals surface area contributed by atoms with Crippen molar-refractivity contribution in [2.45, 2.75) is 40.7 Å². The van der Waals surface area contributed by atoms with Crippen LogP contribution in [0.1, 0.15) is 56.8 Å². The fraction of sp³-hybridized carbons (Fsp3) is 0.320. The van der Waals surface area contributed by atoms with Crippen LogP contribution in [0.2, 0.25) is 5.15 Å². The van der Waals surface area contributed by atoms with E-state index in [0.29, 0.717) is 16.4 Å². The Morgan fingerprint density at radius 1 is 0.967 bits per heavy atom. The number of carbonyl (C=O) groups excluding carboxylic acids is 2. The molecule has 1 aromatic heterocycles. The zero-order valence-electron chi connectivity index (χ0n) is 18.0. The third-order valence-corrected chi connectivity index (χ3v) is 4.75. The number of aromatic nitrogens is 1. The summed E-state index contributed by atoms with van der Waals surface area (Å²) in [5.74, 6) is -0.252. The van der Waals surface area contributed by atoms with E-state index in [2.05, 4.69) is 4.98 Å². The lowest BCUT2D eigenvalue weighted by atomic mass is 9.87. The van der Waals surface area contributed by atoms with E-state index in [1.54, 1.807) is 32.0 Å². The first-order valence-corrected chi connectivity index (χ1v) is 10.3. The second kappa shape index (κ2) is 9.96. The van der Waals surface area contributed by atoms with Gasteiger partial charge in [0.2, 0.25) is 0 Å². The molecule has 4 nitrogen and oxygen atoms in total. The number of rotatable bonds is 4. The van der Waals surface area contributed by atoms with Crippen molar-refractivity contribution in [1.82, 2.24) is 4.98 Å². The Morgan fingerprint density at radius 3 is 2.10 bits per heavy atom. The molecule has 0 aliphatic rings. The van der Waals surface area contributed by atoms with Crippen LogP contribution in [0.5, 0.6) is 0 Å². The number of Topliss-reactive ketones (excluding diaryl/α,β-unsaturated/α-hetero) is 2. The Hall–Kier alpha value is -2.56. The maximum absolute atomic E-state index is 12.3. The van der Waals surface area contributed by atoms with Crippen LogP contribution in [0.4, 0.5) is 0 Å². The van der Waals surface area contributed by atoms with Gasteiger partial charge in [-0.2, -0.15) is 0 Å². The number of aliphatic hydroxyl groups excluding tert-OH is 1. The molecule has 5 heteroatoms. The van der Waals surface area contributed by atoms with Crippen molar-refractivity contribution in [3.8, 4) is 0 Å². The summed E-state index contributed by atoms with van der Waals surface area (Å²) in [5.41, 5.74) is 0.669. The van der Waals surface area contributed by atoms with E-state index >= 15 is 0 Å². The minimum absolute atomic E-state index is 0.0104. The lowest BCUT2D eigenvalue weighted by Gasteiger charge is -2.17. The summed E-state index contributed by atoms with van der Waals surface area (Å²) in [6.07, 6.45) is -0.971. The molecule has 1 heterocycles. The van der Waals surface area contributed by atoms with Crippen LogP contribution in [0.25, 0.3) is 10.8 Å². The summed E-state index contributed by atoms with van der Waals surface area (Å²) in [4.78, 5) is 27.9. The molecule has 0 spiro atoms. The molecule has 0 aliphatic heterocycles. The first kappa shape index (κ1) is 23.7. The van der Waals surface area contributed by atoms with E-state index in [-0.39, 0.29) is 17.5 Å². The smallest absolute Gasteiger partial charge is 0.187 e. The van der Waals surface area contributed by atoms with Gasteiger partial charge in [0.25, 0.3) is 0 Å². The molecule has 2 aromatic carbocycles. The number of aliphatic hydroxyl groups is 1. The number of halogens is 1. The number of benzene rings is 2. The minimum atomic E-state index is -0.971. The van der Waals surface area contributed by atoms with Crippen LogP contribution < -0.4 is 0 Å². The summed E-state index contributed by atoms with van der Waals surface area (Å²) in [6.45, 7) is 9.22.